The zero-order chi connectivity index (χ0) is 11.7. The van der Waals surface area contributed by atoms with Gasteiger partial charge in [0, 0.05) is 5.39 Å². The molecule has 0 aliphatic heterocycles. The smallest absolute Gasteiger partial charge is 0.175 e. The quantitative estimate of drug-likeness (QED) is 0.688. The third kappa shape index (κ3) is 3.31. The molecule has 0 bridgehead atoms. The van der Waals surface area contributed by atoms with E-state index in [1.807, 2.05) is 52.0 Å². The number of ether oxygens (including phenoxy) is 1. The van der Waals surface area contributed by atoms with Crippen LogP contribution in [-0.2, 0) is 0 Å². The van der Waals surface area contributed by atoms with Crippen LogP contribution < -0.4 is 4.74 Å². The van der Waals surface area contributed by atoms with Crippen molar-refractivity contribution >= 4 is 11.0 Å². The van der Waals surface area contributed by atoms with Crippen molar-refractivity contribution in [2.45, 2.75) is 27.7 Å². The van der Waals surface area contributed by atoms with Gasteiger partial charge in [-0.25, -0.2) is 0 Å². The lowest BCUT2D eigenvalue weighted by Gasteiger charge is -1.97. The van der Waals surface area contributed by atoms with Crippen LogP contribution >= 0.6 is 0 Å². The lowest BCUT2D eigenvalue weighted by Crippen LogP contribution is -1.81. The Labute approximate surface area is 91.9 Å². The number of benzene rings is 1. The van der Waals surface area contributed by atoms with Crippen molar-refractivity contribution in [3.05, 3.63) is 30.5 Å². The van der Waals surface area contributed by atoms with Gasteiger partial charge >= 0.3 is 0 Å². The van der Waals surface area contributed by atoms with E-state index in [1.165, 1.54) is 0 Å². The molecule has 1 heterocycles. The molecular formula is C13H20O2. The molecule has 15 heavy (non-hydrogen) atoms. The molecule has 2 aromatic rings. The fourth-order valence-electron chi connectivity index (χ4n) is 1.13. The number of hydrogen-bond acceptors (Lipinski definition) is 2. The van der Waals surface area contributed by atoms with E-state index >= 15 is 0 Å². The number of methoxy groups -OCH3 is 1. The Balaban J connectivity index is 0.000000442. The maximum absolute atomic E-state index is 5.21. The molecule has 0 aliphatic rings. The maximum Gasteiger partial charge on any atom is 0.175 e. The number of para-hydroxylation sites is 1. The molecule has 0 unspecified atom stereocenters. The van der Waals surface area contributed by atoms with E-state index in [1.54, 1.807) is 13.4 Å². The number of rotatable bonds is 1. The van der Waals surface area contributed by atoms with Gasteiger partial charge in [-0.3, -0.25) is 0 Å². The van der Waals surface area contributed by atoms with E-state index in [0.717, 1.165) is 16.7 Å². The van der Waals surface area contributed by atoms with Crippen molar-refractivity contribution in [2.75, 3.05) is 7.11 Å². The van der Waals surface area contributed by atoms with Crippen molar-refractivity contribution in [1.29, 1.82) is 0 Å². The summed E-state index contributed by atoms with van der Waals surface area (Å²) in [6.07, 6.45) is 1.66. The van der Waals surface area contributed by atoms with Crippen LogP contribution in [0.3, 0.4) is 0 Å². The Bertz CT molecular complexity index is 363. The molecule has 0 spiro atoms. The Morgan fingerprint density at radius 2 is 1.67 bits per heavy atom. The van der Waals surface area contributed by atoms with Crippen LogP contribution in [0.1, 0.15) is 27.7 Å². The normalized spacial score (nSPS) is 8.33. The molecule has 0 radical (unpaired) electrons. The van der Waals surface area contributed by atoms with E-state index in [-0.39, 0.29) is 0 Å². The molecule has 0 aliphatic carbocycles. The molecule has 0 N–H and O–H groups in total. The molecular weight excluding hydrogens is 188 g/mol. The van der Waals surface area contributed by atoms with Crippen molar-refractivity contribution in [3.63, 3.8) is 0 Å². The first kappa shape index (κ1) is 13.6. The van der Waals surface area contributed by atoms with Gasteiger partial charge in [0.1, 0.15) is 0 Å². The first-order valence-corrected chi connectivity index (χ1v) is 5.42. The molecule has 1 aromatic heterocycles. The fraction of sp³-hybridized carbons (Fsp3) is 0.385. The van der Waals surface area contributed by atoms with Gasteiger partial charge in [-0.05, 0) is 12.1 Å². The highest BCUT2D eigenvalue weighted by Gasteiger charge is 2.01. The average molecular weight is 208 g/mol. The summed E-state index contributed by atoms with van der Waals surface area (Å²) in [6, 6.07) is 7.72. The Morgan fingerprint density at radius 1 is 1.00 bits per heavy atom. The van der Waals surface area contributed by atoms with Gasteiger partial charge in [0.2, 0.25) is 0 Å². The maximum atomic E-state index is 5.21. The van der Waals surface area contributed by atoms with E-state index < -0.39 is 0 Å². The molecule has 0 saturated carbocycles. The second kappa shape index (κ2) is 7.92. The second-order valence-electron chi connectivity index (χ2n) is 2.30. The first-order valence-electron chi connectivity index (χ1n) is 5.42. The summed E-state index contributed by atoms with van der Waals surface area (Å²) in [4.78, 5) is 0. The lowest BCUT2D eigenvalue weighted by molar-refractivity contribution is 0.410. The third-order valence-corrected chi connectivity index (χ3v) is 1.66. The summed E-state index contributed by atoms with van der Waals surface area (Å²) in [7, 11) is 1.64. The number of hydrogen-bond donors (Lipinski definition) is 0. The third-order valence-electron chi connectivity index (χ3n) is 1.66. The Hall–Kier alpha value is -1.44. The van der Waals surface area contributed by atoms with Gasteiger partial charge in [-0.2, -0.15) is 0 Å². The van der Waals surface area contributed by atoms with Crippen LogP contribution in [0, 0.1) is 0 Å². The minimum atomic E-state index is 0.785. The van der Waals surface area contributed by atoms with Gasteiger partial charge in [0.25, 0.3) is 0 Å². The second-order valence-corrected chi connectivity index (χ2v) is 2.30. The van der Waals surface area contributed by atoms with Gasteiger partial charge in [0.05, 0.1) is 13.4 Å². The number of fused-ring (bicyclic) bond motifs is 1. The van der Waals surface area contributed by atoms with Crippen LogP contribution in [0.4, 0.5) is 0 Å². The Kier molecular flexibility index (Phi) is 7.16. The largest absolute Gasteiger partial charge is 0.493 e. The predicted molar refractivity (Wildman–Crippen MR) is 65.5 cm³/mol. The highest BCUT2D eigenvalue weighted by atomic mass is 16.5. The molecule has 0 saturated heterocycles. The van der Waals surface area contributed by atoms with Gasteiger partial charge in [-0.15, -0.1) is 0 Å². The summed E-state index contributed by atoms with van der Waals surface area (Å²) in [5.74, 6) is 0.785. The van der Waals surface area contributed by atoms with Gasteiger partial charge < -0.3 is 9.15 Å². The van der Waals surface area contributed by atoms with E-state index in [9.17, 15) is 0 Å². The topological polar surface area (TPSA) is 22.4 Å². The zero-order valence-corrected chi connectivity index (χ0v) is 10.2. The fourth-order valence-corrected chi connectivity index (χ4v) is 1.13. The molecule has 2 rings (SSSR count). The van der Waals surface area contributed by atoms with Crippen LogP contribution in [0.15, 0.2) is 34.9 Å². The first-order chi connectivity index (χ1) is 7.42. The zero-order valence-electron chi connectivity index (χ0n) is 10.2. The van der Waals surface area contributed by atoms with Crippen molar-refractivity contribution in [3.8, 4) is 5.75 Å². The van der Waals surface area contributed by atoms with Gasteiger partial charge in [0.15, 0.2) is 11.3 Å². The molecule has 1 aromatic carbocycles. The standard InChI is InChI=1S/C9H8O2.2C2H6/c1-10-8-4-2-3-7-5-6-11-9(7)8;2*1-2/h2-6H,1H3;2*1-2H3. The molecule has 2 nitrogen and oxygen atoms in total. The summed E-state index contributed by atoms with van der Waals surface area (Å²) in [5, 5.41) is 1.07. The average Bonchev–Trinajstić information content (AvgIpc) is 2.82. The van der Waals surface area contributed by atoms with Crippen molar-refractivity contribution in [2.24, 2.45) is 0 Å². The summed E-state index contributed by atoms with van der Waals surface area (Å²) in [5.41, 5.74) is 0.815. The molecule has 0 fully saturated rings. The highest BCUT2D eigenvalue weighted by Crippen LogP contribution is 2.25. The number of furan rings is 1. The molecule has 84 valence electrons. The molecule has 0 atom stereocenters. The monoisotopic (exact) mass is 208 g/mol. The summed E-state index contributed by atoms with van der Waals surface area (Å²) in [6.45, 7) is 8.00. The van der Waals surface area contributed by atoms with Crippen LogP contribution in [0.2, 0.25) is 0 Å². The van der Waals surface area contributed by atoms with Crippen molar-refractivity contribution < 1.29 is 9.15 Å². The van der Waals surface area contributed by atoms with Crippen LogP contribution in [-0.4, -0.2) is 7.11 Å². The van der Waals surface area contributed by atoms with Crippen molar-refractivity contribution in [1.82, 2.24) is 0 Å². The summed E-state index contributed by atoms with van der Waals surface area (Å²) < 4.78 is 10.3. The van der Waals surface area contributed by atoms with E-state index in [0.29, 0.717) is 0 Å². The Morgan fingerprint density at radius 3 is 2.27 bits per heavy atom. The molecule has 0 amide bonds. The van der Waals surface area contributed by atoms with Crippen LogP contribution in [0.25, 0.3) is 11.0 Å². The van der Waals surface area contributed by atoms with Crippen LogP contribution in [0.5, 0.6) is 5.75 Å². The molecule has 2 heteroatoms. The summed E-state index contributed by atoms with van der Waals surface area (Å²) >= 11 is 0. The van der Waals surface area contributed by atoms with E-state index in [4.69, 9.17) is 9.15 Å². The van der Waals surface area contributed by atoms with Gasteiger partial charge in [-0.1, -0.05) is 39.8 Å². The highest BCUT2D eigenvalue weighted by molar-refractivity contribution is 5.82. The van der Waals surface area contributed by atoms with E-state index in [2.05, 4.69) is 0 Å². The minimum absolute atomic E-state index is 0.785. The predicted octanol–water partition coefficient (Wildman–Crippen LogP) is 4.49. The minimum Gasteiger partial charge on any atom is -0.493 e. The lowest BCUT2D eigenvalue weighted by atomic mass is 10.2. The SMILES string of the molecule is CC.CC.COc1cccc2ccoc12.